The molecule has 0 aliphatic rings. The Bertz CT molecular complexity index is 2140. The molecule has 0 bridgehead atoms. The average molecular weight is 526 g/mol. The summed E-state index contributed by atoms with van der Waals surface area (Å²) in [7, 11) is 0. The fourth-order valence-corrected chi connectivity index (χ4v) is 5.64. The summed E-state index contributed by atoms with van der Waals surface area (Å²) in [6.07, 6.45) is 0. The van der Waals surface area contributed by atoms with Crippen molar-refractivity contribution >= 4 is 33.0 Å². The van der Waals surface area contributed by atoms with E-state index in [1.807, 2.05) is 66.7 Å². The minimum atomic E-state index is 0.632. The lowest BCUT2D eigenvalue weighted by Gasteiger charge is -2.15. The smallest absolute Gasteiger partial charge is 0.228 e. The van der Waals surface area contributed by atoms with Crippen LogP contribution in [0.5, 0.6) is 0 Å². The average Bonchev–Trinajstić information content (AvgIpc) is 3.42. The molecule has 41 heavy (non-hydrogen) atoms. The highest BCUT2D eigenvalue weighted by molar-refractivity contribution is 6.19. The van der Waals surface area contributed by atoms with Crippen molar-refractivity contribution in [3.63, 3.8) is 0 Å². The van der Waals surface area contributed by atoms with Crippen LogP contribution in [0.1, 0.15) is 0 Å². The molecule has 0 fully saturated rings. The lowest BCUT2D eigenvalue weighted by atomic mass is 9.91. The summed E-state index contributed by atoms with van der Waals surface area (Å²) in [6.45, 7) is 0. The Morgan fingerprint density at radius 1 is 0.463 bits per heavy atom. The van der Waals surface area contributed by atoms with Gasteiger partial charge >= 0.3 is 0 Å². The first-order chi connectivity index (χ1) is 20.3. The highest BCUT2D eigenvalue weighted by Gasteiger charge is 2.21. The monoisotopic (exact) mass is 525 g/mol. The van der Waals surface area contributed by atoms with Gasteiger partial charge in [-0.3, -0.25) is 0 Å². The molecule has 0 aliphatic heterocycles. The van der Waals surface area contributed by atoms with Crippen molar-refractivity contribution in [1.82, 2.24) is 15.0 Å². The molecule has 3 aromatic heterocycles. The minimum absolute atomic E-state index is 0.632. The number of furan rings is 1. The first-order valence-corrected chi connectivity index (χ1v) is 13.6. The Labute approximate surface area is 236 Å². The van der Waals surface area contributed by atoms with Gasteiger partial charge in [0.05, 0.1) is 22.3 Å². The van der Waals surface area contributed by atoms with Crippen LogP contribution in [0.3, 0.4) is 0 Å². The molecule has 4 nitrogen and oxygen atoms in total. The first-order valence-electron chi connectivity index (χ1n) is 13.6. The fourth-order valence-electron chi connectivity index (χ4n) is 5.64. The Morgan fingerprint density at radius 3 is 1.88 bits per heavy atom. The van der Waals surface area contributed by atoms with Crippen molar-refractivity contribution in [2.24, 2.45) is 0 Å². The van der Waals surface area contributed by atoms with E-state index >= 15 is 0 Å². The minimum Gasteiger partial charge on any atom is -0.438 e. The molecule has 192 valence electrons. The fraction of sp³-hybridized carbons (Fsp3) is 0. The number of fused-ring (bicyclic) bond motifs is 4. The highest BCUT2D eigenvalue weighted by atomic mass is 16.3. The van der Waals surface area contributed by atoms with Gasteiger partial charge in [0.1, 0.15) is 5.58 Å². The molecule has 4 heteroatoms. The van der Waals surface area contributed by atoms with Crippen LogP contribution in [0.25, 0.3) is 78.0 Å². The van der Waals surface area contributed by atoms with Gasteiger partial charge in [0.25, 0.3) is 0 Å². The molecule has 0 radical (unpaired) electrons. The van der Waals surface area contributed by atoms with Crippen molar-refractivity contribution in [3.05, 3.63) is 140 Å². The summed E-state index contributed by atoms with van der Waals surface area (Å²) < 4.78 is 6.29. The molecular weight excluding hydrogens is 502 g/mol. The molecule has 0 saturated heterocycles. The number of rotatable bonds is 4. The number of nitrogens with zero attached hydrogens (tertiary/aromatic N) is 3. The quantitative estimate of drug-likeness (QED) is 0.230. The maximum absolute atomic E-state index is 6.29. The van der Waals surface area contributed by atoms with Crippen LogP contribution >= 0.6 is 0 Å². The molecular formula is C37H23N3O. The molecule has 0 unspecified atom stereocenters. The third kappa shape index (κ3) is 3.97. The van der Waals surface area contributed by atoms with Gasteiger partial charge in [-0.05, 0) is 23.8 Å². The van der Waals surface area contributed by atoms with Crippen molar-refractivity contribution in [2.45, 2.75) is 0 Å². The molecule has 3 heterocycles. The lowest BCUT2D eigenvalue weighted by molar-refractivity contribution is 0.656. The van der Waals surface area contributed by atoms with E-state index in [2.05, 4.69) is 72.8 Å². The van der Waals surface area contributed by atoms with Gasteiger partial charge in [0.15, 0.2) is 5.82 Å². The summed E-state index contributed by atoms with van der Waals surface area (Å²) >= 11 is 0. The molecule has 0 saturated carbocycles. The van der Waals surface area contributed by atoms with Gasteiger partial charge in [-0.1, -0.05) is 121 Å². The maximum atomic E-state index is 6.29. The molecule has 0 aliphatic carbocycles. The lowest BCUT2D eigenvalue weighted by Crippen LogP contribution is -1.97. The number of benzene rings is 5. The van der Waals surface area contributed by atoms with E-state index in [0.29, 0.717) is 11.5 Å². The Kier molecular flexibility index (Phi) is 5.42. The summed E-state index contributed by atoms with van der Waals surface area (Å²) in [6, 6.07) is 47.4. The highest BCUT2D eigenvalue weighted by Crippen LogP contribution is 2.43. The van der Waals surface area contributed by atoms with Crippen LogP contribution in [0.2, 0.25) is 0 Å². The Balaban J connectivity index is 1.46. The van der Waals surface area contributed by atoms with Crippen LogP contribution in [0, 0.1) is 0 Å². The van der Waals surface area contributed by atoms with Crippen molar-refractivity contribution < 1.29 is 4.42 Å². The zero-order valence-corrected chi connectivity index (χ0v) is 22.0. The van der Waals surface area contributed by atoms with Gasteiger partial charge in [-0.15, -0.1) is 0 Å². The standard InChI is InChI=1S/C37H23N3O/c1-3-13-24(14-4-1)31-23-32(39-36(38-31)25-15-5-2-6-16-25)26-17-7-8-18-27(26)34-28-19-9-11-21-30(28)40-37-35(34)29-20-10-12-22-33(29)41-37/h1-23H. The van der Waals surface area contributed by atoms with Crippen LogP contribution in [0.4, 0.5) is 0 Å². The van der Waals surface area contributed by atoms with Crippen LogP contribution in [-0.2, 0) is 0 Å². The van der Waals surface area contributed by atoms with Gasteiger partial charge in [-0.2, -0.15) is 0 Å². The summed E-state index contributed by atoms with van der Waals surface area (Å²) in [5.41, 5.74) is 9.28. The molecule has 0 atom stereocenters. The molecule has 0 amide bonds. The second kappa shape index (κ2) is 9.54. The van der Waals surface area contributed by atoms with Crippen LogP contribution in [0.15, 0.2) is 144 Å². The van der Waals surface area contributed by atoms with E-state index in [0.717, 1.165) is 66.5 Å². The molecule has 8 aromatic rings. The van der Waals surface area contributed by atoms with Gasteiger partial charge < -0.3 is 4.42 Å². The maximum Gasteiger partial charge on any atom is 0.228 e. The second-order valence-electron chi connectivity index (χ2n) is 10.0. The molecule has 0 spiro atoms. The predicted octanol–water partition coefficient (Wildman–Crippen LogP) is 9.59. The Morgan fingerprint density at radius 2 is 1.07 bits per heavy atom. The largest absolute Gasteiger partial charge is 0.438 e. The number of hydrogen-bond donors (Lipinski definition) is 0. The molecule has 0 N–H and O–H groups in total. The third-order valence-corrected chi connectivity index (χ3v) is 7.52. The summed E-state index contributed by atoms with van der Waals surface area (Å²) in [5.74, 6) is 0.690. The number of para-hydroxylation sites is 2. The van der Waals surface area contributed by atoms with Crippen molar-refractivity contribution in [2.75, 3.05) is 0 Å². The van der Waals surface area contributed by atoms with E-state index in [9.17, 15) is 0 Å². The van der Waals surface area contributed by atoms with E-state index in [4.69, 9.17) is 19.4 Å². The van der Waals surface area contributed by atoms with Gasteiger partial charge in [0, 0.05) is 33.0 Å². The molecule has 8 rings (SSSR count). The van der Waals surface area contributed by atoms with Crippen molar-refractivity contribution in [1.29, 1.82) is 0 Å². The first kappa shape index (κ1) is 23.3. The number of pyridine rings is 1. The van der Waals surface area contributed by atoms with Gasteiger partial charge in [-0.25, -0.2) is 15.0 Å². The summed E-state index contributed by atoms with van der Waals surface area (Å²) in [4.78, 5) is 15.1. The number of hydrogen-bond acceptors (Lipinski definition) is 4. The van der Waals surface area contributed by atoms with E-state index in [-0.39, 0.29) is 0 Å². The van der Waals surface area contributed by atoms with Gasteiger partial charge in [0.2, 0.25) is 5.71 Å². The van der Waals surface area contributed by atoms with Crippen LogP contribution in [-0.4, -0.2) is 15.0 Å². The summed E-state index contributed by atoms with van der Waals surface area (Å²) in [5, 5.41) is 3.12. The zero-order valence-electron chi connectivity index (χ0n) is 22.0. The number of aromatic nitrogens is 3. The topological polar surface area (TPSA) is 51.8 Å². The zero-order chi connectivity index (χ0) is 27.2. The van der Waals surface area contributed by atoms with Crippen molar-refractivity contribution in [3.8, 4) is 45.0 Å². The predicted molar refractivity (Wildman–Crippen MR) is 166 cm³/mol. The third-order valence-electron chi connectivity index (χ3n) is 7.52. The van der Waals surface area contributed by atoms with E-state index < -0.39 is 0 Å². The van der Waals surface area contributed by atoms with E-state index in [1.165, 1.54) is 0 Å². The normalized spacial score (nSPS) is 11.4. The molecule has 5 aromatic carbocycles. The Hall–Kier alpha value is -5.61. The van der Waals surface area contributed by atoms with E-state index in [1.54, 1.807) is 0 Å². The van der Waals surface area contributed by atoms with Crippen LogP contribution < -0.4 is 0 Å². The SMILES string of the molecule is c1ccc(-c2cc(-c3ccccc3-c3c4ccccc4nc4oc5ccccc5c34)nc(-c3ccccc3)n2)cc1. The second-order valence-corrected chi connectivity index (χ2v) is 10.0.